The maximum absolute atomic E-state index is 12.4. The summed E-state index contributed by atoms with van der Waals surface area (Å²) < 4.78 is 2.08. The van der Waals surface area contributed by atoms with Crippen LogP contribution in [0.25, 0.3) is 0 Å². The number of hydrogen-bond acceptors (Lipinski definition) is 4. The third kappa shape index (κ3) is 2.47. The Morgan fingerprint density at radius 1 is 1.50 bits per heavy atom. The van der Waals surface area contributed by atoms with Crippen molar-refractivity contribution in [2.45, 2.75) is 25.7 Å². The van der Waals surface area contributed by atoms with E-state index in [2.05, 4.69) is 14.5 Å². The van der Waals surface area contributed by atoms with E-state index in [0.717, 1.165) is 37.4 Å². The zero-order valence-electron chi connectivity index (χ0n) is 11.7. The first kappa shape index (κ1) is 13.3. The Balaban J connectivity index is 1.77. The van der Waals surface area contributed by atoms with Crippen molar-refractivity contribution in [1.82, 2.24) is 19.4 Å². The SMILES string of the molecule is Cc1cn(C)c([C@H]2CCCN(C(=O)c3cscn3)C2)n1. The second-order valence-electron chi connectivity index (χ2n) is 5.32. The van der Waals surface area contributed by atoms with Gasteiger partial charge in [0, 0.05) is 37.6 Å². The Bertz CT molecular complexity index is 605. The van der Waals surface area contributed by atoms with Gasteiger partial charge in [0.15, 0.2) is 0 Å². The summed E-state index contributed by atoms with van der Waals surface area (Å²) in [4.78, 5) is 23.0. The molecule has 0 saturated carbocycles. The summed E-state index contributed by atoms with van der Waals surface area (Å²) >= 11 is 1.46. The van der Waals surface area contributed by atoms with Crippen molar-refractivity contribution in [3.63, 3.8) is 0 Å². The van der Waals surface area contributed by atoms with Crippen LogP contribution >= 0.6 is 11.3 Å². The summed E-state index contributed by atoms with van der Waals surface area (Å²) in [6, 6.07) is 0. The van der Waals surface area contributed by atoms with Crippen LogP contribution in [-0.2, 0) is 7.05 Å². The highest BCUT2D eigenvalue weighted by Gasteiger charge is 2.28. The number of thiazole rings is 1. The Labute approximate surface area is 122 Å². The zero-order chi connectivity index (χ0) is 14.1. The van der Waals surface area contributed by atoms with E-state index in [0.29, 0.717) is 11.6 Å². The van der Waals surface area contributed by atoms with Crippen LogP contribution < -0.4 is 0 Å². The van der Waals surface area contributed by atoms with Crippen LogP contribution in [0.15, 0.2) is 17.1 Å². The van der Waals surface area contributed by atoms with Gasteiger partial charge in [0.2, 0.25) is 0 Å². The lowest BCUT2D eigenvalue weighted by Gasteiger charge is -2.32. The van der Waals surface area contributed by atoms with Crippen LogP contribution in [0.3, 0.4) is 0 Å². The Kier molecular flexibility index (Phi) is 3.56. The molecule has 0 aromatic carbocycles. The maximum Gasteiger partial charge on any atom is 0.273 e. The summed E-state index contributed by atoms with van der Waals surface area (Å²) in [7, 11) is 2.02. The van der Waals surface area contributed by atoms with Crippen LogP contribution in [0.5, 0.6) is 0 Å². The van der Waals surface area contributed by atoms with Gasteiger partial charge >= 0.3 is 0 Å². The van der Waals surface area contributed by atoms with Crippen molar-refractivity contribution in [2.75, 3.05) is 13.1 Å². The minimum Gasteiger partial charge on any atom is -0.337 e. The molecule has 2 aromatic heterocycles. The molecule has 3 heterocycles. The second kappa shape index (κ2) is 5.36. The van der Waals surface area contributed by atoms with Crippen LogP contribution in [0, 0.1) is 6.92 Å². The fourth-order valence-electron chi connectivity index (χ4n) is 2.87. The number of hydrogen-bond donors (Lipinski definition) is 0. The van der Waals surface area contributed by atoms with Crippen molar-refractivity contribution in [1.29, 1.82) is 0 Å². The van der Waals surface area contributed by atoms with Gasteiger partial charge in [-0.1, -0.05) is 0 Å². The molecule has 0 spiro atoms. The van der Waals surface area contributed by atoms with Crippen molar-refractivity contribution < 1.29 is 4.79 Å². The van der Waals surface area contributed by atoms with Crippen LogP contribution in [0.1, 0.15) is 40.8 Å². The third-order valence-electron chi connectivity index (χ3n) is 3.76. The monoisotopic (exact) mass is 290 g/mol. The molecule has 1 aliphatic rings. The number of piperidine rings is 1. The smallest absolute Gasteiger partial charge is 0.273 e. The van der Waals surface area contributed by atoms with Gasteiger partial charge in [0.05, 0.1) is 11.2 Å². The van der Waals surface area contributed by atoms with E-state index in [1.807, 2.05) is 30.4 Å². The number of carbonyl (C=O) groups is 1. The van der Waals surface area contributed by atoms with Crippen LogP contribution in [0.4, 0.5) is 0 Å². The first-order valence-corrected chi connectivity index (χ1v) is 7.76. The highest BCUT2D eigenvalue weighted by Crippen LogP contribution is 2.27. The predicted molar refractivity (Wildman–Crippen MR) is 77.9 cm³/mol. The molecule has 1 atom stereocenters. The Morgan fingerprint density at radius 3 is 3.00 bits per heavy atom. The lowest BCUT2D eigenvalue weighted by atomic mass is 9.97. The molecule has 0 bridgehead atoms. The van der Waals surface area contributed by atoms with Gasteiger partial charge in [0.1, 0.15) is 11.5 Å². The molecule has 1 amide bonds. The molecule has 1 fully saturated rings. The van der Waals surface area contributed by atoms with E-state index in [4.69, 9.17) is 0 Å². The van der Waals surface area contributed by atoms with Gasteiger partial charge in [-0.25, -0.2) is 9.97 Å². The minimum atomic E-state index is 0.0434. The first-order valence-electron chi connectivity index (χ1n) is 6.82. The van der Waals surface area contributed by atoms with Gasteiger partial charge in [-0.2, -0.15) is 0 Å². The molecule has 0 aliphatic carbocycles. The molecule has 0 radical (unpaired) electrons. The highest BCUT2D eigenvalue weighted by molar-refractivity contribution is 7.07. The molecule has 0 unspecified atom stereocenters. The summed E-state index contributed by atoms with van der Waals surface area (Å²) in [6.07, 6.45) is 4.15. The minimum absolute atomic E-state index is 0.0434. The lowest BCUT2D eigenvalue weighted by molar-refractivity contribution is 0.0698. The summed E-state index contributed by atoms with van der Waals surface area (Å²) in [5, 5.41) is 1.82. The number of rotatable bonds is 2. The summed E-state index contributed by atoms with van der Waals surface area (Å²) in [6.45, 7) is 3.56. The molecule has 20 heavy (non-hydrogen) atoms. The van der Waals surface area contributed by atoms with E-state index < -0.39 is 0 Å². The number of nitrogens with zero attached hydrogens (tertiary/aromatic N) is 4. The van der Waals surface area contributed by atoms with Gasteiger partial charge in [-0.3, -0.25) is 4.79 Å². The van der Waals surface area contributed by atoms with E-state index in [1.54, 1.807) is 5.51 Å². The number of likely N-dealkylation sites (tertiary alicyclic amines) is 1. The van der Waals surface area contributed by atoms with E-state index in [1.165, 1.54) is 11.3 Å². The molecular weight excluding hydrogens is 272 g/mol. The molecule has 1 saturated heterocycles. The number of aromatic nitrogens is 3. The van der Waals surface area contributed by atoms with Gasteiger partial charge in [-0.15, -0.1) is 11.3 Å². The van der Waals surface area contributed by atoms with Crippen LogP contribution in [0.2, 0.25) is 0 Å². The number of aryl methyl sites for hydroxylation is 2. The number of carbonyl (C=O) groups excluding carboxylic acids is 1. The van der Waals surface area contributed by atoms with E-state index in [9.17, 15) is 4.79 Å². The molecule has 2 aromatic rings. The standard InChI is InChI=1S/C14H18N4OS/c1-10-6-17(2)13(16-10)11-4-3-5-18(7-11)14(19)12-8-20-9-15-12/h6,8-9,11H,3-5,7H2,1-2H3/t11-/m0/s1. The first-order chi connectivity index (χ1) is 9.65. The Morgan fingerprint density at radius 2 is 2.35 bits per heavy atom. The molecule has 3 rings (SSSR count). The van der Waals surface area contributed by atoms with Crippen molar-refractivity contribution in [2.24, 2.45) is 7.05 Å². The molecule has 0 N–H and O–H groups in total. The third-order valence-corrected chi connectivity index (χ3v) is 4.34. The lowest BCUT2D eigenvalue weighted by Crippen LogP contribution is -2.39. The van der Waals surface area contributed by atoms with Gasteiger partial charge < -0.3 is 9.47 Å². The van der Waals surface area contributed by atoms with Crippen molar-refractivity contribution in [3.05, 3.63) is 34.3 Å². The zero-order valence-corrected chi connectivity index (χ0v) is 12.6. The van der Waals surface area contributed by atoms with E-state index >= 15 is 0 Å². The number of imidazole rings is 1. The fraction of sp³-hybridized carbons (Fsp3) is 0.500. The topological polar surface area (TPSA) is 51.0 Å². The van der Waals surface area contributed by atoms with Gasteiger partial charge in [0.25, 0.3) is 5.91 Å². The highest BCUT2D eigenvalue weighted by atomic mass is 32.1. The molecule has 1 aliphatic heterocycles. The summed E-state index contributed by atoms with van der Waals surface area (Å²) in [5.41, 5.74) is 3.30. The summed E-state index contributed by atoms with van der Waals surface area (Å²) in [5.74, 6) is 1.45. The molecule has 6 heteroatoms. The fourth-order valence-corrected chi connectivity index (χ4v) is 3.39. The average Bonchev–Trinajstić information content (AvgIpc) is 3.08. The number of amides is 1. The quantitative estimate of drug-likeness (QED) is 0.852. The normalized spacial score (nSPS) is 19.3. The predicted octanol–water partition coefficient (Wildman–Crippen LogP) is 2.20. The maximum atomic E-state index is 12.4. The van der Waals surface area contributed by atoms with Gasteiger partial charge in [-0.05, 0) is 19.8 Å². The second-order valence-corrected chi connectivity index (χ2v) is 6.03. The molecule has 106 valence electrons. The van der Waals surface area contributed by atoms with Crippen LogP contribution in [-0.4, -0.2) is 38.4 Å². The average molecular weight is 290 g/mol. The van der Waals surface area contributed by atoms with Crippen molar-refractivity contribution >= 4 is 17.2 Å². The van der Waals surface area contributed by atoms with Crippen molar-refractivity contribution in [3.8, 4) is 0 Å². The molecule has 5 nitrogen and oxygen atoms in total. The Hall–Kier alpha value is -1.69. The van der Waals surface area contributed by atoms with E-state index in [-0.39, 0.29) is 5.91 Å². The largest absolute Gasteiger partial charge is 0.337 e. The molecular formula is C14H18N4OS.